The van der Waals surface area contributed by atoms with Crippen molar-refractivity contribution in [1.29, 1.82) is 0 Å². The summed E-state index contributed by atoms with van der Waals surface area (Å²) in [6.07, 6.45) is 3.18. The van der Waals surface area contributed by atoms with Crippen molar-refractivity contribution in [2.45, 2.75) is 32.7 Å². The standard InChI is InChI=1S/C11H15NO3/c1-10(2,3)11-5-4-7(6-11)8(13)12(11)9(14)15/h4-5,7H,6H2,1-3H3,(H,14,15)/t7-,11+/m1/s1. The molecule has 1 aliphatic carbocycles. The Kier molecular flexibility index (Phi) is 1.78. The molecule has 82 valence electrons. The summed E-state index contributed by atoms with van der Waals surface area (Å²) in [4.78, 5) is 23.9. The average molecular weight is 209 g/mol. The lowest BCUT2D eigenvalue weighted by Crippen LogP contribution is -2.55. The van der Waals surface area contributed by atoms with Crippen LogP contribution in [0, 0.1) is 11.3 Å². The second kappa shape index (κ2) is 2.62. The lowest BCUT2D eigenvalue weighted by molar-refractivity contribution is -0.132. The second-order valence-electron chi connectivity index (χ2n) is 5.30. The molecule has 4 heteroatoms. The van der Waals surface area contributed by atoms with Crippen molar-refractivity contribution in [2.24, 2.45) is 11.3 Å². The van der Waals surface area contributed by atoms with E-state index in [1.165, 1.54) is 0 Å². The summed E-state index contributed by atoms with van der Waals surface area (Å²) in [7, 11) is 0. The third kappa shape index (κ3) is 1.07. The van der Waals surface area contributed by atoms with Gasteiger partial charge in [-0.3, -0.25) is 4.79 Å². The molecular weight excluding hydrogens is 194 g/mol. The summed E-state index contributed by atoms with van der Waals surface area (Å²) >= 11 is 0. The summed E-state index contributed by atoms with van der Waals surface area (Å²) in [5, 5.41) is 9.11. The topological polar surface area (TPSA) is 57.6 Å². The lowest BCUT2D eigenvalue weighted by atomic mass is 9.73. The van der Waals surface area contributed by atoms with Gasteiger partial charge in [-0.25, -0.2) is 9.69 Å². The largest absolute Gasteiger partial charge is 0.465 e. The fraction of sp³-hybridized carbons (Fsp3) is 0.636. The number of likely N-dealkylation sites (tertiary alicyclic amines) is 1. The van der Waals surface area contributed by atoms with E-state index in [4.69, 9.17) is 5.11 Å². The first-order chi connectivity index (χ1) is 6.79. The highest BCUT2D eigenvalue weighted by molar-refractivity contribution is 5.98. The maximum atomic E-state index is 11.8. The highest BCUT2D eigenvalue weighted by Gasteiger charge is 2.60. The van der Waals surface area contributed by atoms with E-state index in [1.807, 2.05) is 32.9 Å². The molecule has 2 atom stereocenters. The average Bonchev–Trinajstić information content (AvgIpc) is 2.58. The number of imide groups is 1. The molecule has 2 amide bonds. The van der Waals surface area contributed by atoms with Crippen molar-refractivity contribution in [3.05, 3.63) is 12.2 Å². The first kappa shape index (κ1) is 10.2. The quantitative estimate of drug-likeness (QED) is 0.619. The van der Waals surface area contributed by atoms with Gasteiger partial charge in [-0.2, -0.15) is 0 Å². The Balaban J connectivity index is 2.52. The SMILES string of the molecule is CC(C)(C)[C@]12C=C[C@H](C1)C(=O)N2C(=O)O. The highest BCUT2D eigenvalue weighted by atomic mass is 16.4. The van der Waals surface area contributed by atoms with Crippen LogP contribution >= 0.6 is 0 Å². The monoisotopic (exact) mass is 209 g/mol. The van der Waals surface area contributed by atoms with Gasteiger partial charge in [-0.1, -0.05) is 32.9 Å². The number of carboxylic acid groups (broad SMARTS) is 1. The van der Waals surface area contributed by atoms with Gasteiger partial charge in [-0.15, -0.1) is 0 Å². The van der Waals surface area contributed by atoms with E-state index in [0.29, 0.717) is 6.42 Å². The molecule has 0 aromatic heterocycles. The molecule has 0 unspecified atom stereocenters. The zero-order chi connectivity index (χ0) is 11.4. The van der Waals surface area contributed by atoms with Gasteiger partial charge >= 0.3 is 6.09 Å². The molecule has 1 saturated heterocycles. The molecule has 2 bridgehead atoms. The fourth-order valence-electron chi connectivity index (χ4n) is 2.60. The predicted molar refractivity (Wildman–Crippen MR) is 54.3 cm³/mol. The van der Waals surface area contributed by atoms with Gasteiger partial charge in [-0.05, 0) is 11.8 Å². The summed E-state index contributed by atoms with van der Waals surface area (Å²) in [6, 6.07) is 0. The Labute approximate surface area is 88.6 Å². The minimum atomic E-state index is -1.14. The van der Waals surface area contributed by atoms with Crippen LogP contribution in [0.25, 0.3) is 0 Å². The van der Waals surface area contributed by atoms with Gasteiger partial charge in [0.25, 0.3) is 0 Å². The number of nitrogens with zero attached hydrogens (tertiary/aromatic N) is 1. The molecule has 2 aliphatic rings. The minimum Gasteiger partial charge on any atom is -0.465 e. The van der Waals surface area contributed by atoms with Gasteiger partial charge in [0.15, 0.2) is 0 Å². The zero-order valence-electron chi connectivity index (χ0n) is 9.15. The van der Waals surface area contributed by atoms with Gasteiger partial charge in [0.1, 0.15) is 0 Å². The summed E-state index contributed by atoms with van der Waals surface area (Å²) in [5.74, 6) is -0.514. The molecule has 1 fully saturated rings. The number of amides is 2. The maximum Gasteiger partial charge on any atom is 0.414 e. The Morgan fingerprint density at radius 3 is 2.60 bits per heavy atom. The Hall–Kier alpha value is -1.32. The molecule has 1 heterocycles. The summed E-state index contributed by atoms with van der Waals surface area (Å²) in [5.41, 5.74) is -0.899. The maximum absolute atomic E-state index is 11.8. The Morgan fingerprint density at radius 2 is 2.20 bits per heavy atom. The van der Waals surface area contributed by atoms with E-state index in [1.54, 1.807) is 0 Å². The van der Waals surface area contributed by atoms with E-state index in [2.05, 4.69) is 0 Å². The van der Waals surface area contributed by atoms with Gasteiger partial charge in [0, 0.05) is 0 Å². The van der Waals surface area contributed by atoms with Crippen molar-refractivity contribution in [3.63, 3.8) is 0 Å². The van der Waals surface area contributed by atoms with Crippen LogP contribution in [0.15, 0.2) is 12.2 Å². The molecule has 1 aliphatic heterocycles. The number of carbonyl (C=O) groups is 2. The number of hydrogen-bond acceptors (Lipinski definition) is 2. The van der Waals surface area contributed by atoms with E-state index < -0.39 is 11.6 Å². The molecule has 1 N–H and O–H groups in total. The van der Waals surface area contributed by atoms with Crippen LogP contribution in [-0.2, 0) is 4.79 Å². The molecule has 0 aromatic rings. The molecule has 0 aromatic carbocycles. The third-order valence-corrected chi connectivity index (χ3v) is 3.56. The van der Waals surface area contributed by atoms with E-state index in [9.17, 15) is 9.59 Å². The van der Waals surface area contributed by atoms with Crippen molar-refractivity contribution in [3.8, 4) is 0 Å². The van der Waals surface area contributed by atoms with Crippen LogP contribution in [0.4, 0.5) is 4.79 Å². The highest BCUT2D eigenvalue weighted by Crippen LogP contribution is 2.51. The molecule has 2 rings (SSSR count). The van der Waals surface area contributed by atoms with Gasteiger partial charge in [0.05, 0.1) is 11.5 Å². The first-order valence-corrected chi connectivity index (χ1v) is 5.06. The van der Waals surface area contributed by atoms with Crippen molar-refractivity contribution in [1.82, 2.24) is 4.90 Å². The Morgan fingerprint density at radius 1 is 1.60 bits per heavy atom. The molecule has 0 saturated carbocycles. The van der Waals surface area contributed by atoms with Crippen LogP contribution in [0.2, 0.25) is 0 Å². The minimum absolute atomic E-state index is 0.236. The van der Waals surface area contributed by atoms with Crippen molar-refractivity contribution in [2.75, 3.05) is 0 Å². The van der Waals surface area contributed by atoms with Crippen LogP contribution in [0.1, 0.15) is 27.2 Å². The van der Waals surface area contributed by atoms with Crippen LogP contribution in [0.3, 0.4) is 0 Å². The lowest BCUT2D eigenvalue weighted by Gasteiger charge is -2.43. The predicted octanol–water partition coefficient (Wildman–Crippen LogP) is 1.87. The summed E-state index contributed by atoms with van der Waals surface area (Å²) < 4.78 is 0. The van der Waals surface area contributed by atoms with E-state index in [0.717, 1.165) is 4.90 Å². The third-order valence-electron chi connectivity index (χ3n) is 3.56. The molecule has 15 heavy (non-hydrogen) atoms. The van der Waals surface area contributed by atoms with Crippen molar-refractivity contribution >= 4 is 12.0 Å². The van der Waals surface area contributed by atoms with Crippen LogP contribution < -0.4 is 0 Å². The number of rotatable bonds is 0. The van der Waals surface area contributed by atoms with Crippen LogP contribution in [-0.4, -0.2) is 27.5 Å². The molecule has 4 nitrogen and oxygen atoms in total. The number of hydrogen-bond donors (Lipinski definition) is 1. The molecule has 0 radical (unpaired) electrons. The second-order valence-corrected chi connectivity index (χ2v) is 5.30. The number of fused-ring (bicyclic) bond motifs is 2. The molecular formula is C11H15NO3. The zero-order valence-corrected chi connectivity index (χ0v) is 9.15. The van der Waals surface area contributed by atoms with Crippen LogP contribution in [0.5, 0.6) is 0 Å². The fourth-order valence-corrected chi connectivity index (χ4v) is 2.60. The number of carbonyl (C=O) groups excluding carboxylic acids is 1. The van der Waals surface area contributed by atoms with Gasteiger partial charge in [0.2, 0.25) is 5.91 Å². The van der Waals surface area contributed by atoms with E-state index >= 15 is 0 Å². The van der Waals surface area contributed by atoms with Crippen molar-refractivity contribution < 1.29 is 14.7 Å². The first-order valence-electron chi connectivity index (χ1n) is 5.06. The smallest absolute Gasteiger partial charge is 0.414 e. The normalized spacial score (nSPS) is 33.9. The molecule has 0 spiro atoms. The van der Waals surface area contributed by atoms with E-state index in [-0.39, 0.29) is 17.2 Å². The summed E-state index contributed by atoms with van der Waals surface area (Å²) in [6.45, 7) is 5.90. The Bertz CT molecular complexity index is 367. The van der Waals surface area contributed by atoms with Gasteiger partial charge < -0.3 is 5.11 Å².